The van der Waals surface area contributed by atoms with E-state index in [0.29, 0.717) is 0 Å². The summed E-state index contributed by atoms with van der Waals surface area (Å²) in [6.07, 6.45) is -2.02. The van der Waals surface area contributed by atoms with Gasteiger partial charge in [-0.1, -0.05) is 12.1 Å². The molecule has 0 amide bonds. The largest absolute Gasteiger partial charge is 0.504 e. The van der Waals surface area contributed by atoms with Crippen molar-refractivity contribution in [1.82, 2.24) is 0 Å². The number of hydrogen-bond donors (Lipinski definition) is 1. The van der Waals surface area contributed by atoms with Gasteiger partial charge < -0.3 is 9.84 Å². The molecule has 0 aliphatic carbocycles. The van der Waals surface area contributed by atoms with Crippen LogP contribution in [0.15, 0.2) is 24.3 Å². The van der Waals surface area contributed by atoms with Crippen molar-refractivity contribution >= 4 is 0 Å². The van der Waals surface area contributed by atoms with E-state index >= 15 is 0 Å². The van der Waals surface area contributed by atoms with Crippen LogP contribution in [-0.2, 0) is 0 Å². The summed E-state index contributed by atoms with van der Waals surface area (Å²) in [6.45, 7) is -1.23. The van der Waals surface area contributed by atoms with Crippen LogP contribution in [0.5, 0.6) is 11.5 Å². The molecular weight excluding hydrogens is 166 g/mol. The molecule has 1 atom stereocenters. The number of benzene rings is 1. The summed E-state index contributed by atoms with van der Waals surface area (Å²) in [7, 11) is 0. The number of aromatic hydroxyl groups is 1. The molecule has 66 valence electrons. The van der Waals surface area contributed by atoms with Crippen molar-refractivity contribution in [2.45, 2.75) is 6.36 Å². The van der Waals surface area contributed by atoms with Crippen molar-refractivity contribution in [2.24, 2.45) is 0 Å². The molecule has 2 nitrogen and oxygen atoms in total. The molecular formula is C8H8F2O2. The van der Waals surface area contributed by atoms with Crippen LogP contribution in [0, 0.1) is 0 Å². The number of rotatable bonds is 3. The summed E-state index contributed by atoms with van der Waals surface area (Å²) < 4.78 is 28.3. The van der Waals surface area contributed by atoms with E-state index in [-0.39, 0.29) is 11.5 Å². The van der Waals surface area contributed by atoms with Crippen LogP contribution in [-0.4, -0.2) is 18.1 Å². The maximum Gasteiger partial charge on any atom is 0.266 e. The highest BCUT2D eigenvalue weighted by Gasteiger charge is 2.09. The Morgan fingerprint density at radius 2 is 2.08 bits per heavy atom. The molecule has 0 radical (unpaired) electrons. The Morgan fingerprint density at radius 3 is 2.67 bits per heavy atom. The average molecular weight is 174 g/mol. The van der Waals surface area contributed by atoms with Crippen molar-refractivity contribution in [3.05, 3.63) is 24.3 Å². The molecule has 0 aliphatic heterocycles. The Kier molecular flexibility index (Phi) is 2.85. The van der Waals surface area contributed by atoms with Gasteiger partial charge >= 0.3 is 0 Å². The van der Waals surface area contributed by atoms with E-state index in [4.69, 9.17) is 5.11 Å². The van der Waals surface area contributed by atoms with Gasteiger partial charge in [-0.2, -0.15) is 4.39 Å². The number of halogens is 2. The van der Waals surface area contributed by atoms with Gasteiger partial charge in [0, 0.05) is 0 Å². The number of phenolic OH excluding ortho intramolecular Hbond substituents is 1. The Morgan fingerprint density at radius 1 is 1.42 bits per heavy atom. The monoisotopic (exact) mass is 174 g/mol. The van der Waals surface area contributed by atoms with Crippen molar-refractivity contribution < 1.29 is 18.6 Å². The maximum atomic E-state index is 12.3. The van der Waals surface area contributed by atoms with Crippen LogP contribution in [0.1, 0.15) is 0 Å². The molecule has 4 heteroatoms. The van der Waals surface area contributed by atoms with Crippen LogP contribution < -0.4 is 4.74 Å². The van der Waals surface area contributed by atoms with Crippen LogP contribution in [0.25, 0.3) is 0 Å². The summed E-state index contributed by atoms with van der Waals surface area (Å²) in [5, 5.41) is 9.04. The molecule has 0 bridgehead atoms. The lowest BCUT2D eigenvalue weighted by Crippen LogP contribution is -2.11. The third kappa shape index (κ3) is 2.08. The van der Waals surface area contributed by atoms with Gasteiger partial charge in [0.1, 0.15) is 0 Å². The van der Waals surface area contributed by atoms with Gasteiger partial charge in [-0.3, -0.25) is 0 Å². The average Bonchev–Trinajstić information content (AvgIpc) is 2.09. The van der Waals surface area contributed by atoms with E-state index in [9.17, 15) is 8.78 Å². The van der Waals surface area contributed by atoms with Gasteiger partial charge in [-0.25, -0.2) is 4.39 Å². The molecule has 1 unspecified atom stereocenters. The first-order chi connectivity index (χ1) is 5.74. The predicted molar refractivity (Wildman–Crippen MR) is 39.6 cm³/mol. The number of hydrogen-bond acceptors (Lipinski definition) is 2. The number of phenols is 1. The molecule has 1 aromatic carbocycles. The fraction of sp³-hybridized carbons (Fsp3) is 0.250. The lowest BCUT2D eigenvalue weighted by molar-refractivity contribution is 0.0411. The minimum atomic E-state index is -2.02. The van der Waals surface area contributed by atoms with Crippen molar-refractivity contribution in [3.63, 3.8) is 0 Å². The van der Waals surface area contributed by atoms with Crippen molar-refractivity contribution in [3.8, 4) is 11.5 Å². The second-order valence-corrected chi connectivity index (χ2v) is 2.15. The van der Waals surface area contributed by atoms with Gasteiger partial charge in [0.2, 0.25) is 0 Å². The Hall–Kier alpha value is -1.32. The van der Waals surface area contributed by atoms with E-state index in [0.717, 1.165) is 0 Å². The Labute approximate surface area is 68.4 Å². The molecule has 1 rings (SSSR count). The highest BCUT2D eigenvalue weighted by Crippen LogP contribution is 2.25. The van der Waals surface area contributed by atoms with Gasteiger partial charge in [0.15, 0.2) is 18.2 Å². The minimum Gasteiger partial charge on any atom is -0.504 e. The quantitative estimate of drug-likeness (QED) is 0.759. The summed E-state index contributed by atoms with van der Waals surface area (Å²) in [5.41, 5.74) is 0. The Balaban J connectivity index is 2.69. The molecule has 0 aromatic heterocycles. The van der Waals surface area contributed by atoms with Crippen LogP contribution in [0.4, 0.5) is 8.78 Å². The third-order valence-corrected chi connectivity index (χ3v) is 1.24. The molecule has 1 N–H and O–H groups in total. The molecule has 0 saturated carbocycles. The highest BCUT2D eigenvalue weighted by molar-refractivity contribution is 5.37. The zero-order valence-electron chi connectivity index (χ0n) is 6.21. The van der Waals surface area contributed by atoms with Gasteiger partial charge in [0.25, 0.3) is 6.36 Å². The lowest BCUT2D eigenvalue weighted by atomic mass is 10.3. The van der Waals surface area contributed by atoms with E-state index in [1.54, 1.807) is 12.1 Å². The number of para-hydroxylation sites is 2. The predicted octanol–water partition coefficient (Wildman–Crippen LogP) is 2.04. The highest BCUT2D eigenvalue weighted by atomic mass is 19.2. The summed E-state index contributed by atoms with van der Waals surface area (Å²) in [5.74, 6) is -0.253. The Bertz CT molecular complexity index is 253. The van der Waals surface area contributed by atoms with E-state index in [2.05, 4.69) is 4.74 Å². The zero-order valence-corrected chi connectivity index (χ0v) is 6.21. The summed E-state index contributed by atoms with van der Waals surface area (Å²) >= 11 is 0. The van der Waals surface area contributed by atoms with Crippen LogP contribution >= 0.6 is 0 Å². The minimum absolute atomic E-state index is 0.0531. The SMILES string of the molecule is Oc1ccccc1OC(F)CF. The summed E-state index contributed by atoms with van der Waals surface area (Å²) in [6, 6.07) is 5.81. The lowest BCUT2D eigenvalue weighted by Gasteiger charge is -2.08. The molecule has 0 saturated heterocycles. The van der Waals surface area contributed by atoms with Crippen LogP contribution in [0.3, 0.4) is 0 Å². The van der Waals surface area contributed by atoms with E-state index in [1.807, 2.05) is 0 Å². The molecule has 12 heavy (non-hydrogen) atoms. The number of ether oxygens (including phenoxy) is 1. The van der Waals surface area contributed by atoms with E-state index in [1.165, 1.54) is 12.1 Å². The van der Waals surface area contributed by atoms with Crippen molar-refractivity contribution in [1.29, 1.82) is 0 Å². The topological polar surface area (TPSA) is 29.5 Å². The zero-order chi connectivity index (χ0) is 8.97. The molecule has 0 fully saturated rings. The molecule has 0 heterocycles. The molecule has 0 spiro atoms. The first-order valence-electron chi connectivity index (χ1n) is 3.38. The smallest absolute Gasteiger partial charge is 0.266 e. The van der Waals surface area contributed by atoms with Gasteiger partial charge in [0.05, 0.1) is 0 Å². The second kappa shape index (κ2) is 3.90. The normalized spacial score (nSPS) is 12.5. The standard InChI is InChI=1S/C8H8F2O2/c9-5-8(10)12-7-4-2-1-3-6(7)11/h1-4,8,11H,5H2. The first kappa shape index (κ1) is 8.77. The molecule has 0 aliphatic rings. The summed E-state index contributed by atoms with van der Waals surface area (Å²) in [4.78, 5) is 0. The van der Waals surface area contributed by atoms with Gasteiger partial charge in [-0.15, -0.1) is 0 Å². The third-order valence-electron chi connectivity index (χ3n) is 1.24. The van der Waals surface area contributed by atoms with Crippen molar-refractivity contribution in [2.75, 3.05) is 6.67 Å². The first-order valence-corrected chi connectivity index (χ1v) is 3.38. The molecule has 1 aromatic rings. The fourth-order valence-electron chi connectivity index (χ4n) is 0.726. The maximum absolute atomic E-state index is 12.3. The fourth-order valence-corrected chi connectivity index (χ4v) is 0.726. The number of alkyl halides is 2. The van der Waals surface area contributed by atoms with Gasteiger partial charge in [-0.05, 0) is 12.1 Å². The second-order valence-electron chi connectivity index (χ2n) is 2.15. The van der Waals surface area contributed by atoms with E-state index < -0.39 is 13.0 Å². The van der Waals surface area contributed by atoms with Crippen LogP contribution in [0.2, 0.25) is 0 Å².